The smallest absolute Gasteiger partial charge is 0.336 e. The van der Waals surface area contributed by atoms with Crippen LogP contribution in [0, 0.1) is 5.41 Å². The molecule has 0 bridgehead atoms. The Kier molecular flexibility index (Phi) is 3.84. The summed E-state index contributed by atoms with van der Waals surface area (Å²) in [6.07, 6.45) is 2.28. The summed E-state index contributed by atoms with van der Waals surface area (Å²) in [5.41, 5.74) is 1.44. The van der Waals surface area contributed by atoms with Gasteiger partial charge >= 0.3 is 5.97 Å². The van der Waals surface area contributed by atoms with E-state index < -0.39 is 11.4 Å². The van der Waals surface area contributed by atoms with Crippen LogP contribution in [0.2, 0.25) is 0 Å². The van der Waals surface area contributed by atoms with Crippen molar-refractivity contribution in [1.82, 2.24) is 0 Å². The summed E-state index contributed by atoms with van der Waals surface area (Å²) in [7, 11) is 0. The van der Waals surface area contributed by atoms with Crippen molar-refractivity contribution in [1.29, 1.82) is 0 Å². The van der Waals surface area contributed by atoms with Gasteiger partial charge in [0.1, 0.15) is 0 Å². The quantitative estimate of drug-likeness (QED) is 0.922. The van der Waals surface area contributed by atoms with Crippen molar-refractivity contribution in [2.75, 3.05) is 11.4 Å². The van der Waals surface area contributed by atoms with Crippen LogP contribution < -0.4 is 4.90 Å². The molecule has 0 spiro atoms. The van der Waals surface area contributed by atoms with Crippen LogP contribution in [-0.2, 0) is 11.2 Å². The molecule has 1 aromatic carbocycles. The maximum atomic E-state index is 12.7. The number of anilines is 1. The average Bonchev–Trinajstić information content (AvgIpc) is 2.45. The van der Waals surface area contributed by atoms with E-state index in [9.17, 15) is 14.7 Å². The fourth-order valence-electron chi connectivity index (χ4n) is 2.55. The summed E-state index contributed by atoms with van der Waals surface area (Å²) in [5, 5.41) is 9.27. The van der Waals surface area contributed by atoms with Gasteiger partial charge in [-0.15, -0.1) is 0 Å². The first-order valence-corrected chi connectivity index (χ1v) is 7.05. The second kappa shape index (κ2) is 5.27. The normalized spacial score (nSPS) is 14.8. The lowest BCUT2D eigenvalue weighted by molar-refractivity contribution is -0.126. The number of carboxylic acids is 1. The summed E-state index contributed by atoms with van der Waals surface area (Å²) in [5.74, 6) is -0.852. The molecule has 108 valence electrons. The fraction of sp³-hybridized carbons (Fsp3) is 0.500. The van der Waals surface area contributed by atoms with Gasteiger partial charge in [0.2, 0.25) is 5.91 Å². The summed E-state index contributed by atoms with van der Waals surface area (Å²) in [6.45, 7) is 6.53. The van der Waals surface area contributed by atoms with Crippen molar-refractivity contribution in [2.45, 2.75) is 40.0 Å². The van der Waals surface area contributed by atoms with Gasteiger partial charge in [-0.2, -0.15) is 0 Å². The molecule has 1 amide bonds. The van der Waals surface area contributed by atoms with E-state index in [0.717, 1.165) is 24.1 Å². The second-order valence-electron chi connectivity index (χ2n) is 5.91. The third-order valence-electron chi connectivity index (χ3n) is 4.19. The number of rotatable bonds is 3. The van der Waals surface area contributed by atoms with Gasteiger partial charge < -0.3 is 10.0 Å². The summed E-state index contributed by atoms with van der Waals surface area (Å²) in [4.78, 5) is 25.7. The van der Waals surface area contributed by atoms with E-state index in [1.165, 1.54) is 0 Å². The number of carbonyl (C=O) groups excluding carboxylic acids is 1. The molecular formula is C16H21NO3. The Morgan fingerprint density at radius 3 is 2.65 bits per heavy atom. The number of hydrogen-bond donors (Lipinski definition) is 1. The SMILES string of the molecule is CCC(C)(C)C(=O)N1CCCc2c(C(=O)O)cccc21. The summed E-state index contributed by atoms with van der Waals surface area (Å²) < 4.78 is 0. The number of amides is 1. The van der Waals surface area contributed by atoms with Gasteiger partial charge in [0.25, 0.3) is 0 Å². The van der Waals surface area contributed by atoms with Crippen LogP contribution in [-0.4, -0.2) is 23.5 Å². The Morgan fingerprint density at radius 2 is 2.05 bits per heavy atom. The topological polar surface area (TPSA) is 57.6 Å². The Morgan fingerprint density at radius 1 is 1.35 bits per heavy atom. The van der Waals surface area contributed by atoms with Crippen LogP contribution in [0.15, 0.2) is 18.2 Å². The number of carboxylic acid groups (broad SMARTS) is 1. The largest absolute Gasteiger partial charge is 0.478 e. The molecule has 1 heterocycles. The predicted molar refractivity (Wildman–Crippen MR) is 78.1 cm³/mol. The van der Waals surface area contributed by atoms with Crippen molar-refractivity contribution in [3.05, 3.63) is 29.3 Å². The second-order valence-corrected chi connectivity index (χ2v) is 5.91. The van der Waals surface area contributed by atoms with E-state index in [1.807, 2.05) is 26.8 Å². The number of benzene rings is 1. The number of nitrogens with zero attached hydrogens (tertiary/aromatic N) is 1. The highest BCUT2D eigenvalue weighted by molar-refractivity contribution is 6.00. The maximum Gasteiger partial charge on any atom is 0.336 e. The van der Waals surface area contributed by atoms with Gasteiger partial charge in [-0.25, -0.2) is 4.79 Å². The van der Waals surface area contributed by atoms with Crippen molar-refractivity contribution >= 4 is 17.6 Å². The monoisotopic (exact) mass is 275 g/mol. The highest BCUT2D eigenvalue weighted by atomic mass is 16.4. The molecule has 0 unspecified atom stereocenters. The number of aromatic carboxylic acids is 1. The van der Waals surface area contributed by atoms with Crippen LogP contribution in [0.4, 0.5) is 5.69 Å². The minimum absolute atomic E-state index is 0.0727. The van der Waals surface area contributed by atoms with Crippen LogP contribution in [0.25, 0.3) is 0 Å². The molecule has 1 aliphatic heterocycles. The minimum Gasteiger partial charge on any atom is -0.478 e. The van der Waals surface area contributed by atoms with Crippen LogP contribution >= 0.6 is 0 Å². The average molecular weight is 275 g/mol. The molecule has 20 heavy (non-hydrogen) atoms. The first kappa shape index (κ1) is 14.6. The Bertz CT molecular complexity index is 549. The third-order valence-corrected chi connectivity index (χ3v) is 4.19. The van der Waals surface area contributed by atoms with E-state index in [-0.39, 0.29) is 5.91 Å². The molecule has 0 fully saturated rings. The number of hydrogen-bond acceptors (Lipinski definition) is 2. The predicted octanol–water partition coefficient (Wildman–Crippen LogP) is 3.10. The maximum absolute atomic E-state index is 12.7. The minimum atomic E-state index is -0.925. The zero-order valence-electron chi connectivity index (χ0n) is 12.3. The van der Waals surface area contributed by atoms with Crippen molar-refractivity contribution in [3.63, 3.8) is 0 Å². The molecule has 0 saturated heterocycles. The van der Waals surface area contributed by atoms with Gasteiger partial charge in [-0.1, -0.05) is 26.8 Å². The highest BCUT2D eigenvalue weighted by Crippen LogP contribution is 2.34. The Labute approximate surface area is 119 Å². The first-order valence-electron chi connectivity index (χ1n) is 7.05. The van der Waals surface area contributed by atoms with Crippen molar-refractivity contribution in [2.24, 2.45) is 5.41 Å². The van der Waals surface area contributed by atoms with Crippen LogP contribution in [0.5, 0.6) is 0 Å². The zero-order valence-corrected chi connectivity index (χ0v) is 12.3. The van der Waals surface area contributed by atoms with Crippen LogP contribution in [0.3, 0.4) is 0 Å². The van der Waals surface area contributed by atoms with E-state index >= 15 is 0 Å². The molecular weight excluding hydrogens is 254 g/mol. The summed E-state index contributed by atoms with van der Waals surface area (Å²) >= 11 is 0. The van der Waals surface area contributed by atoms with E-state index in [1.54, 1.807) is 17.0 Å². The molecule has 0 aliphatic carbocycles. The molecule has 4 heteroatoms. The molecule has 0 atom stereocenters. The van der Waals surface area contributed by atoms with Gasteiger partial charge in [0.05, 0.1) is 5.56 Å². The standard InChI is InChI=1S/C16H21NO3/c1-4-16(2,3)15(20)17-10-6-8-11-12(14(18)19)7-5-9-13(11)17/h5,7,9H,4,6,8,10H2,1-3H3,(H,18,19). The molecule has 0 aromatic heterocycles. The first-order chi connectivity index (χ1) is 9.38. The van der Waals surface area contributed by atoms with Gasteiger partial charge in [-0.05, 0) is 37.0 Å². The molecule has 1 aromatic rings. The van der Waals surface area contributed by atoms with Crippen molar-refractivity contribution in [3.8, 4) is 0 Å². The lowest BCUT2D eigenvalue weighted by Crippen LogP contribution is -2.43. The van der Waals surface area contributed by atoms with Gasteiger partial charge in [0.15, 0.2) is 0 Å². The highest BCUT2D eigenvalue weighted by Gasteiger charge is 2.34. The van der Waals surface area contributed by atoms with Gasteiger partial charge in [-0.3, -0.25) is 4.79 Å². The summed E-state index contributed by atoms with van der Waals surface area (Å²) in [6, 6.07) is 5.18. The lowest BCUT2D eigenvalue weighted by atomic mass is 9.86. The molecule has 4 nitrogen and oxygen atoms in total. The van der Waals surface area contributed by atoms with E-state index in [4.69, 9.17) is 0 Å². The Hall–Kier alpha value is -1.84. The van der Waals surface area contributed by atoms with E-state index in [2.05, 4.69) is 0 Å². The van der Waals surface area contributed by atoms with Crippen molar-refractivity contribution < 1.29 is 14.7 Å². The molecule has 1 aliphatic rings. The lowest BCUT2D eigenvalue weighted by Gasteiger charge is -2.35. The molecule has 1 N–H and O–H groups in total. The van der Waals surface area contributed by atoms with E-state index in [0.29, 0.717) is 18.5 Å². The number of fused-ring (bicyclic) bond motifs is 1. The molecule has 2 rings (SSSR count). The Balaban J connectivity index is 2.46. The third kappa shape index (κ3) is 2.42. The van der Waals surface area contributed by atoms with Gasteiger partial charge in [0, 0.05) is 17.6 Å². The zero-order chi connectivity index (χ0) is 14.9. The fourth-order valence-corrected chi connectivity index (χ4v) is 2.55. The number of carbonyl (C=O) groups is 2. The molecule has 0 saturated carbocycles. The van der Waals surface area contributed by atoms with Crippen LogP contribution in [0.1, 0.15) is 49.5 Å². The molecule has 0 radical (unpaired) electrons.